The van der Waals surface area contributed by atoms with E-state index >= 15 is 0 Å². The average Bonchev–Trinajstić information content (AvgIpc) is 2.60. The largest absolute Gasteiger partial charge is 0.338 e. The molecule has 1 amide bonds. The molecule has 0 spiro atoms. The van der Waals surface area contributed by atoms with Crippen LogP contribution in [0.3, 0.4) is 0 Å². The van der Waals surface area contributed by atoms with E-state index in [1.807, 2.05) is 32.8 Å². The zero-order valence-electron chi connectivity index (χ0n) is 12.6. The summed E-state index contributed by atoms with van der Waals surface area (Å²) in [5.41, 5.74) is 5.80. The van der Waals surface area contributed by atoms with E-state index < -0.39 is 0 Å². The Kier molecular flexibility index (Phi) is 5.17. The molecule has 1 aliphatic rings. The highest BCUT2D eigenvalue weighted by molar-refractivity contribution is 5.83. The molecule has 1 aliphatic carbocycles. The van der Waals surface area contributed by atoms with Crippen LogP contribution in [0.2, 0.25) is 0 Å². The van der Waals surface area contributed by atoms with Crippen LogP contribution < -0.4 is 5.73 Å². The Hall–Kier alpha value is -0.610. The Bertz CT molecular complexity index is 293. The smallest absolute Gasteiger partial charge is 0.230 e. The predicted octanol–water partition coefficient (Wildman–Crippen LogP) is 1.30. The van der Waals surface area contributed by atoms with Crippen LogP contribution in [-0.2, 0) is 4.79 Å². The number of rotatable bonds is 5. The second-order valence-electron chi connectivity index (χ2n) is 6.12. The normalized spacial score (nSPS) is 29.6. The lowest BCUT2D eigenvalue weighted by atomic mass is 9.83. The first-order valence-corrected chi connectivity index (χ1v) is 7.04. The lowest BCUT2D eigenvalue weighted by Gasteiger charge is -2.38. The second-order valence-corrected chi connectivity index (χ2v) is 6.12. The van der Waals surface area contributed by atoms with Gasteiger partial charge in [0.25, 0.3) is 0 Å². The molecule has 1 fully saturated rings. The molecule has 1 saturated carbocycles. The summed E-state index contributed by atoms with van der Waals surface area (Å²) in [6, 6.07) is 0.257. The first kappa shape index (κ1) is 15.4. The zero-order valence-corrected chi connectivity index (χ0v) is 12.6. The van der Waals surface area contributed by atoms with E-state index in [4.69, 9.17) is 5.73 Å². The van der Waals surface area contributed by atoms with Crippen molar-refractivity contribution in [2.24, 2.45) is 11.1 Å². The van der Waals surface area contributed by atoms with Gasteiger partial charge in [-0.1, -0.05) is 6.42 Å². The van der Waals surface area contributed by atoms with Crippen LogP contribution in [-0.4, -0.2) is 55.0 Å². The number of amides is 1. The van der Waals surface area contributed by atoms with E-state index in [9.17, 15) is 4.79 Å². The Labute approximate surface area is 111 Å². The van der Waals surface area contributed by atoms with Crippen LogP contribution in [0.5, 0.6) is 0 Å². The van der Waals surface area contributed by atoms with Crippen LogP contribution >= 0.6 is 0 Å². The third-order valence-corrected chi connectivity index (χ3v) is 4.28. The van der Waals surface area contributed by atoms with Crippen molar-refractivity contribution in [2.45, 2.75) is 52.1 Å². The topological polar surface area (TPSA) is 49.6 Å². The predicted molar refractivity (Wildman–Crippen MR) is 75.3 cm³/mol. The highest BCUT2D eigenvalue weighted by Crippen LogP contribution is 2.38. The van der Waals surface area contributed by atoms with Gasteiger partial charge >= 0.3 is 0 Å². The molecular formula is C14H29N3O. The van der Waals surface area contributed by atoms with Crippen molar-refractivity contribution in [1.82, 2.24) is 9.80 Å². The van der Waals surface area contributed by atoms with Crippen molar-refractivity contribution in [3.8, 4) is 0 Å². The van der Waals surface area contributed by atoms with Crippen LogP contribution in [0.25, 0.3) is 0 Å². The number of carbonyl (C=O) groups is 1. The quantitative estimate of drug-likeness (QED) is 0.805. The van der Waals surface area contributed by atoms with Crippen molar-refractivity contribution in [3.63, 3.8) is 0 Å². The molecule has 1 rings (SSSR count). The number of carbonyl (C=O) groups excluding carboxylic acids is 1. The van der Waals surface area contributed by atoms with Crippen molar-refractivity contribution in [3.05, 3.63) is 0 Å². The Morgan fingerprint density at radius 2 is 2.11 bits per heavy atom. The van der Waals surface area contributed by atoms with Gasteiger partial charge in [0, 0.05) is 25.2 Å². The Balaban J connectivity index is 2.79. The maximum absolute atomic E-state index is 12.8. The third kappa shape index (κ3) is 3.04. The van der Waals surface area contributed by atoms with Gasteiger partial charge in [-0.2, -0.15) is 0 Å². The maximum atomic E-state index is 12.8. The molecule has 0 heterocycles. The van der Waals surface area contributed by atoms with Gasteiger partial charge in [-0.3, -0.25) is 4.79 Å². The average molecular weight is 255 g/mol. The molecule has 0 aromatic rings. The van der Waals surface area contributed by atoms with Crippen molar-refractivity contribution < 1.29 is 4.79 Å². The molecule has 0 bridgehead atoms. The fourth-order valence-corrected chi connectivity index (χ4v) is 3.07. The van der Waals surface area contributed by atoms with E-state index in [0.29, 0.717) is 0 Å². The number of likely N-dealkylation sites (N-methyl/N-ethyl adjacent to an activating group) is 2. The fourth-order valence-electron chi connectivity index (χ4n) is 3.07. The van der Waals surface area contributed by atoms with E-state index in [2.05, 4.69) is 11.8 Å². The summed E-state index contributed by atoms with van der Waals surface area (Å²) in [5.74, 6) is 0.240. The van der Waals surface area contributed by atoms with Gasteiger partial charge in [-0.05, 0) is 47.7 Å². The molecule has 2 N–H and O–H groups in total. The monoisotopic (exact) mass is 255 g/mol. The van der Waals surface area contributed by atoms with Crippen molar-refractivity contribution >= 4 is 5.91 Å². The first-order valence-electron chi connectivity index (χ1n) is 7.04. The molecule has 18 heavy (non-hydrogen) atoms. The number of hydrogen-bond acceptors (Lipinski definition) is 3. The van der Waals surface area contributed by atoms with Crippen LogP contribution in [0, 0.1) is 5.41 Å². The second kappa shape index (κ2) is 6.02. The summed E-state index contributed by atoms with van der Waals surface area (Å²) in [4.78, 5) is 16.9. The number of hydrogen-bond donors (Lipinski definition) is 1. The van der Waals surface area contributed by atoms with Crippen molar-refractivity contribution in [2.75, 3.05) is 27.2 Å². The van der Waals surface area contributed by atoms with E-state index in [1.165, 1.54) is 0 Å². The Morgan fingerprint density at radius 1 is 1.50 bits per heavy atom. The molecule has 3 atom stereocenters. The minimum atomic E-state index is -0.351. The number of nitrogens with two attached hydrogens (primary N) is 1. The lowest BCUT2D eigenvalue weighted by Crippen LogP contribution is -2.53. The summed E-state index contributed by atoms with van der Waals surface area (Å²) >= 11 is 0. The van der Waals surface area contributed by atoms with Gasteiger partial charge in [-0.15, -0.1) is 0 Å². The standard InChI is InChI=1S/C14H29N3O/c1-6-17(11(2)10-16(4)5)13(18)14(3)9-7-8-12(14)15/h11-12H,6-10,15H2,1-5H3. The molecular weight excluding hydrogens is 226 g/mol. The molecule has 0 aromatic heterocycles. The molecule has 0 aromatic carbocycles. The fraction of sp³-hybridized carbons (Fsp3) is 0.929. The minimum Gasteiger partial charge on any atom is -0.338 e. The maximum Gasteiger partial charge on any atom is 0.230 e. The van der Waals surface area contributed by atoms with Gasteiger partial charge < -0.3 is 15.5 Å². The van der Waals surface area contributed by atoms with Gasteiger partial charge in [0.1, 0.15) is 0 Å². The minimum absolute atomic E-state index is 0.0191. The molecule has 4 heteroatoms. The molecule has 106 valence electrons. The van der Waals surface area contributed by atoms with E-state index in [1.54, 1.807) is 0 Å². The summed E-state index contributed by atoms with van der Waals surface area (Å²) in [7, 11) is 4.08. The van der Waals surface area contributed by atoms with Gasteiger partial charge in [0.2, 0.25) is 5.91 Å². The van der Waals surface area contributed by atoms with Gasteiger partial charge in [0.05, 0.1) is 5.41 Å². The van der Waals surface area contributed by atoms with Crippen LogP contribution in [0.1, 0.15) is 40.0 Å². The third-order valence-electron chi connectivity index (χ3n) is 4.28. The molecule has 0 radical (unpaired) electrons. The van der Waals surface area contributed by atoms with Gasteiger partial charge in [-0.25, -0.2) is 0 Å². The van der Waals surface area contributed by atoms with Gasteiger partial charge in [0.15, 0.2) is 0 Å². The summed E-state index contributed by atoms with van der Waals surface area (Å²) in [6.45, 7) is 7.86. The summed E-state index contributed by atoms with van der Waals surface area (Å²) < 4.78 is 0. The SMILES string of the molecule is CCN(C(=O)C1(C)CCCC1N)C(C)CN(C)C. The molecule has 3 unspecified atom stereocenters. The molecule has 4 nitrogen and oxygen atoms in total. The zero-order chi connectivity index (χ0) is 13.9. The highest BCUT2D eigenvalue weighted by Gasteiger charge is 2.45. The molecule has 0 aliphatic heterocycles. The van der Waals surface area contributed by atoms with E-state index in [-0.39, 0.29) is 23.4 Å². The first-order chi connectivity index (χ1) is 8.32. The summed E-state index contributed by atoms with van der Waals surface area (Å²) in [5, 5.41) is 0. The van der Waals surface area contributed by atoms with Crippen molar-refractivity contribution in [1.29, 1.82) is 0 Å². The highest BCUT2D eigenvalue weighted by atomic mass is 16.2. The van der Waals surface area contributed by atoms with Crippen LogP contribution in [0.4, 0.5) is 0 Å². The number of nitrogens with zero attached hydrogens (tertiary/aromatic N) is 2. The van der Waals surface area contributed by atoms with E-state index in [0.717, 1.165) is 32.4 Å². The lowest BCUT2D eigenvalue weighted by molar-refractivity contribution is -0.143. The van der Waals surface area contributed by atoms with Crippen LogP contribution in [0.15, 0.2) is 0 Å². The molecule has 0 saturated heterocycles. The Morgan fingerprint density at radius 3 is 2.50 bits per heavy atom. The summed E-state index contributed by atoms with van der Waals surface area (Å²) in [6.07, 6.45) is 2.98.